The molecule has 0 saturated carbocycles. The highest BCUT2D eigenvalue weighted by Crippen LogP contribution is 2.13. The molecule has 20 heavy (non-hydrogen) atoms. The SMILES string of the molecule is CC(C)c1nc(C(=O)NC(C)c2ccc(F)cc2)n[nH]1. The summed E-state index contributed by atoms with van der Waals surface area (Å²) in [6.45, 7) is 5.74. The Balaban J connectivity index is 2.04. The van der Waals surface area contributed by atoms with Crippen molar-refractivity contribution in [3.05, 3.63) is 47.3 Å². The molecule has 0 spiro atoms. The van der Waals surface area contributed by atoms with Crippen LogP contribution in [-0.2, 0) is 0 Å². The number of aromatic nitrogens is 3. The molecule has 1 atom stereocenters. The van der Waals surface area contributed by atoms with Crippen LogP contribution >= 0.6 is 0 Å². The molecular weight excluding hydrogens is 259 g/mol. The fourth-order valence-electron chi connectivity index (χ4n) is 1.73. The van der Waals surface area contributed by atoms with Crippen LogP contribution in [0.3, 0.4) is 0 Å². The van der Waals surface area contributed by atoms with E-state index >= 15 is 0 Å². The Hall–Kier alpha value is -2.24. The first-order valence-electron chi connectivity index (χ1n) is 6.46. The van der Waals surface area contributed by atoms with Gasteiger partial charge in [-0.25, -0.2) is 9.37 Å². The zero-order valence-electron chi connectivity index (χ0n) is 11.6. The molecule has 2 rings (SSSR count). The van der Waals surface area contributed by atoms with E-state index in [0.29, 0.717) is 5.82 Å². The largest absolute Gasteiger partial charge is 0.343 e. The van der Waals surface area contributed by atoms with Crippen LogP contribution in [0.4, 0.5) is 4.39 Å². The van der Waals surface area contributed by atoms with E-state index in [2.05, 4.69) is 20.5 Å². The summed E-state index contributed by atoms with van der Waals surface area (Å²) in [5.41, 5.74) is 0.819. The topological polar surface area (TPSA) is 70.7 Å². The molecule has 0 aliphatic rings. The van der Waals surface area contributed by atoms with Crippen molar-refractivity contribution in [3.63, 3.8) is 0 Å². The normalized spacial score (nSPS) is 12.4. The van der Waals surface area contributed by atoms with Gasteiger partial charge in [-0.05, 0) is 24.6 Å². The van der Waals surface area contributed by atoms with Gasteiger partial charge in [0.2, 0.25) is 5.82 Å². The first kappa shape index (κ1) is 14.2. The van der Waals surface area contributed by atoms with Crippen molar-refractivity contribution in [3.8, 4) is 0 Å². The average molecular weight is 276 g/mol. The van der Waals surface area contributed by atoms with Gasteiger partial charge in [0.25, 0.3) is 5.91 Å². The molecule has 1 unspecified atom stereocenters. The summed E-state index contributed by atoms with van der Waals surface area (Å²) in [6, 6.07) is 5.75. The first-order valence-corrected chi connectivity index (χ1v) is 6.46. The molecule has 6 heteroatoms. The second-order valence-electron chi connectivity index (χ2n) is 4.95. The van der Waals surface area contributed by atoms with Crippen LogP contribution in [0.1, 0.15) is 54.7 Å². The molecule has 1 aromatic heterocycles. The number of aromatic amines is 1. The number of nitrogens with one attached hydrogen (secondary N) is 2. The minimum Gasteiger partial charge on any atom is -0.343 e. The van der Waals surface area contributed by atoms with Gasteiger partial charge in [0.1, 0.15) is 11.6 Å². The lowest BCUT2D eigenvalue weighted by Crippen LogP contribution is -2.27. The zero-order valence-corrected chi connectivity index (χ0v) is 11.6. The molecule has 0 saturated heterocycles. The van der Waals surface area contributed by atoms with Crippen molar-refractivity contribution in [2.75, 3.05) is 0 Å². The maximum atomic E-state index is 12.8. The van der Waals surface area contributed by atoms with Crippen LogP contribution in [0.5, 0.6) is 0 Å². The highest BCUT2D eigenvalue weighted by Gasteiger charge is 2.16. The molecule has 1 heterocycles. The molecule has 1 aromatic carbocycles. The Morgan fingerprint density at radius 3 is 2.45 bits per heavy atom. The van der Waals surface area contributed by atoms with Gasteiger partial charge in [-0.1, -0.05) is 26.0 Å². The number of H-pyrrole nitrogens is 1. The number of benzene rings is 1. The summed E-state index contributed by atoms with van der Waals surface area (Å²) in [7, 11) is 0. The highest BCUT2D eigenvalue weighted by atomic mass is 19.1. The number of rotatable bonds is 4. The van der Waals surface area contributed by atoms with Gasteiger partial charge in [0, 0.05) is 5.92 Å². The number of amides is 1. The number of hydrogen-bond acceptors (Lipinski definition) is 3. The number of halogens is 1. The van der Waals surface area contributed by atoms with Gasteiger partial charge < -0.3 is 5.32 Å². The molecule has 5 nitrogen and oxygen atoms in total. The molecule has 0 bridgehead atoms. The summed E-state index contributed by atoms with van der Waals surface area (Å²) in [5, 5.41) is 9.40. The smallest absolute Gasteiger partial charge is 0.291 e. The summed E-state index contributed by atoms with van der Waals surface area (Å²) in [5.74, 6) is 0.304. The predicted octanol–water partition coefficient (Wildman–Crippen LogP) is 2.56. The number of hydrogen-bond donors (Lipinski definition) is 2. The summed E-state index contributed by atoms with van der Waals surface area (Å²) in [4.78, 5) is 16.1. The fourth-order valence-corrected chi connectivity index (χ4v) is 1.73. The van der Waals surface area contributed by atoms with Gasteiger partial charge in [-0.2, -0.15) is 0 Å². The second-order valence-corrected chi connectivity index (χ2v) is 4.95. The molecule has 0 aliphatic carbocycles. The van der Waals surface area contributed by atoms with Gasteiger partial charge in [-0.3, -0.25) is 9.89 Å². The van der Waals surface area contributed by atoms with Crippen molar-refractivity contribution in [2.24, 2.45) is 0 Å². The quantitative estimate of drug-likeness (QED) is 0.901. The molecule has 2 aromatic rings. The maximum Gasteiger partial charge on any atom is 0.291 e. The predicted molar refractivity (Wildman–Crippen MR) is 72.8 cm³/mol. The van der Waals surface area contributed by atoms with Crippen LogP contribution in [0.25, 0.3) is 0 Å². The third-order valence-electron chi connectivity index (χ3n) is 2.97. The Kier molecular flexibility index (Phi) is 4.12. The highest BCUT2D eigenvalue weighted by molar-refractivity contribution is 5.90. The lowest BCUT2D eigenvalue weighted by molar-refractivity contribution is 0.0929. The van der Waals surface area contributed by atoms with E-state index < -0.39 is 0 Å². The monoisotopic (exact) mass is 276 g/mol. The van der Waals surface area contributed by atoms with Crippen LogP contribution in [-0.4, -0.2) is 21.1 Å². The summed E-state index contributed by atoms with van der Waals surface area (Å²) < 4.78 is 12.8. The Morgan fingerprint density at radius 2 is 1.90 bits per heavy atom. The van der Waals surface area contributed by atoms with Crippen LogP contribution in [0.2, 0.25) is 0 Å². The Labute approximate surface area is 116 Å². The summed E-state index contributed by atoms with van der Waals surface area (Å²) in [6.07, 6.45) is 0. The van der Waals surface area contributed by atoms with E-state index in [1.54, 1.807) is 12.1 Å². The zero-order chi connectivity index (χ0) is 14.7. The van der Waals surface area contributed by atoms with Gasteiger partial charge >= 0.3 is 0 Å². The molecule has 1 amide bonds. The van der Waals surface area contributed by atoms with E-state index in [9.17, 15) is 9.18 Å². The van der Waals surface area contributed by atoms with E-state index in [0.717, 1.165) is 5.56 Å². The summed E-state index contributed by atoms with van der Waals surface area (Å²) >= 11 is 0. The van der Waals surface area contributed by atoms with E-state index in [-0.39, 0.29) is 29.5 Å². The van der Waals surface area contributed by atoms with Gasteiger partial charge in [0.15, 0.2) is 0 Å². The molecule has 0 radical (unpaired) electrons. The third-order valence-corrected chi connectivity index (χ3v) is 2.97. The molecule has 0 fully saturated rings. The lowest BCUT2D eigenvalue weighted by Gasteiger charge is -2.12. The Morgan fingerprint density at radius 1 is 1.25 bits per heavy atom. The molecule has 0 aliphatic heterocycles. The second kappa shape index (κ2) is 5.81. The van der Waals surface area contributed by atoms with Gasteiger partial charge in [0.05, 0.1) is 6.04 Å². The minimum absolute atomic E-state index is 0.114. The fraction of sp³-hybridized carbons (Fsp3) is 0.357. The minimum atomic E-state index is -0.357. The number of nitrogens with zero attached hydrogens (tertiary/aromatic N) is 2. The molecular formula is C14H17FN4O. The van der Waals surface area contributed by atoms with Crippen LogP contribution in [0.15, 0.2) is 24.3 Å². The first-order chi connectivity index (χ1) is 9.47. The van der Waals surface area contributed by atoms with E-state index in [1.807, 2.05) is 20.8 Å². The lowest BCUT2D eigenvalue weighted by atomic mass is 10.1. The molecule has 2 N–H and O–H groups in total. The van der Waals surface area contributed by atoms with Crippen molar-refractivity contribution >= 4 is 5.91 Å². The van der Waals surface area contributed by atoms with Crippen LogP contribution < -0.4 is 5.32 Å². The third kappa shape index (κ3) is 3.20. The van der Waals surface area contributed by atoms with E-state index in [1.165, 1.54) is 12.1 Å². The average Bonchev–Trinajstić information content (AvgIpc) is 2.89. The van der Waals surface area contributed by atoms with Crippen molar-refractivity contribution < 1.29 is 9.18 Å². The Bertz CT molecular complexity index is 591. The number of carbonyl (C=O) groups excluding carboxylic acids is 1. The van der Waals surface area contributed by atoms with Crippen molar-refractivity contribution in [1.82, 2.24) is 20.5 Å². The van der Waals surface area contributed by atoms with Crippen LogP contribution in [0, 0.1) is 5.82 Å². The maximum absolute atomic E-state index is 12.8. The molecule has 106 valence electrons. The van der Waals surface area contributed by atoms with Crippen molar-refractivity contribution in [1.29, 1.82) is 0 Å². The van der Waals surface area contributed by atoms with Crippen molar-refractivity contribution in [2.45, 2.75) is 32.7 Å². The number of carbonyl (C=O) groups is 1. The van der Waals surface area contributed by atoms with Gasteiger partial charge in [-0.15, -0.1) is 5.10 Å². The standard InChI is InChI=1S/C14H17FN4O/c1-8(2)12-17-13(19-18-12)14(20)16-9(3)10-4-6-11(15)7-5-10/h4-9H,1-3H3,(H,16,20)(H,17,18,19). The van der Waals surface area contributed by atoms with E-state index in [4.69, 9.17) is 0 Å².